The number of amides is 1. The Kier molecular flexibility index (Phi) is 6.45. The molecule has 3 rings (SSSR count). The van der Waals surface area contributed by atoms with Crippen LogP contribution in [0.15, 0.2) is 60.7 Å². The predicted octanol–water partition coefficient (Wildman–Crippen LogP) is 3.10. The number of benzene rings is 2. The SMILES string of the molecule is COc1ccc(CC(=O)N2CCN(CC=Cc3ccccc3)CC2)cc1. The summed E-state index contributed by atoms with van der Waals surface area (Å²) in [4.78, 5) is 16.8. The Balaban J connectivity index is 1.42. The number of carbonyl (C=O) groups excluding carboxylic acids is 1. The number of methoxy groups -OCH3 is 1. The molecular formula is C22H26N2O2. The van der Waals surface area contributed by atoms with Gasteiger partial charge in [-0.3, -0.25) is 9.69 Å². The first kappa shape index (κ1) is 18.2. The number of hydrogen-bond donors (Lipinski definition) is 0. The van der Waals surface area contributed by atoms with Gasteiger partial charge in [0.1, 0.15) is 5.75 Å². The normalized spacial score (nSPS) is 15.3. The molecule has 1 fully saturated rings. The summed E-state index contributed by atoms with van der Waals surface area (Å²) in [6, 6.07) is 18.1. The van der Waals surface area contributed by atoms with Crippen molar-refractivity contribution in [2.45, 2.75) is 6.42 Å². The van der Waals surface area contributed by atoms with Gasteiger partial charge in [0.05, 0.1) is 13.5 Å². The minimum absolute atomic E-state index is 0.203. The fourth-order valence-corrected chi connectivity index (χ4v) is 3.11. The molecule has 0 radical (unpaired) electrons. The van der Waals surface area contributed by atoms with Crippen molar-refractivity contribution in [1.82, 2.24) is 9.80 Å². The van der Waals surface area contributed by atoms with E-state index in [-0.39, 0.29) is 5.91 Å². The molecule has 0 unspecified atom stereocenters. The van der Waals surface area contributed by atoms with Crippen molar-refractivity contribution < 1.29 is 9.53 Å². The average molecular weight is 350 g/mol. The Bertz CT molecular complexity index is 718. The van der Waals surface area contributed by atoms with Crippen molar-refractivity contribution >= 4 is 12.0 Å². The van der Waals surface area contributed by atoms with Crippen molar-refractivity contribution in [2.75, 3.05) is 39.8 Å². The summed E-state index contributed by atoms with van der Waals surface area (Å²) >= 11 is 0. The topological polar surface area (TPSA) is 32.8 Å². The van der Waals surface area contributed by atoms with E-state index in [9.17, 15) is 4.79 Å². The van der Waals surface area contributed by atoms with Crippen LogP contribution in [0, 0.1) is 0 Å². The monoisotopic (exact) mass is 350 g/mol. The highest BCUT2D eigenvalue weighted by molar-refractivity contribution is 5.79. The molecule has 0 bridgehead atoms. The molecule has 0 spiro atoms. The van der Waals surface area contributed by atoms with Gasteiger partial charge < -0.3 is 9.64 Å². The van der Waals surface area contributed by atoms with E-state index in [1.165, 1.54) is 5.56 Å². The van der Waals surface area contributed by atoms with Crippen LogP contribution in [-0.2, 0) is 11.2 Å². The summed E-state index contributed by atoms with van der Waals surface area (Å²) < 4.78 is 5.16. The maximum Gasteiger partial charge on any atom is 0.227 e. The van der Waals surface area contributed by atoms with E-state index in [0.717, 1.165) is 44.0 Å². The average Bonchev–Trinajstić information content (AvgIpc) is 2.70. The van der Waals surface area contributed by atoms with Crippen LogP contribution in [0.2, 0.25) is 0 Å². The van der Waals surface area contributed by atoms with Gasteiger partial charge in [0.2, 0.25) is 5.91 Å². The van der Waals surface area contributed by atoms with Gasteiger partial charge in [0, 0.05) is 32.7 Å². The van der Waals surface area contributed by atoms with Crippen LogP contribution in [0.25, 0.3) is 6.08 Å². The number of rotatable bonds is 6. The summed E-state index contributed by atoms with van der Waals surface area (Å²) in [7, 11) is 1.65. The molecular weight excluding hydrogens is 324 g/mol. The smallest absolute Gasteiger partial charge is 0.227 e. The summed E-state index contributed by atoms with van der Waals surface area (Å²) in [6.07, 6.45) is 4.81. The van der Waals surface area contributed by atoms with E-state index in [1.54, 1.807) is 7.11 Å². The first-order valence-corrected chi connectivity index (χ1v) is 9.09. The van der Waals surface area contributed by atoms with Crippen LogP contribution in [0.5, 0.6) is 5.75 Å². The maximum absolute atomic E-state index is 12.5. The molecule has 1 aliphatic heterocycles. The lowest BCUT2D eigenvalue weighted by Gasteiger charge is -2.34. The lowest BCUT2D eigenvalue weighted by atomic mass is 10.1. The zero-order valence-electron chi connectivity index (χ0n) is 15.3. The zero-order chi connectivity index (χ0) is 18.2. The number of ether oxygens (including phenoxy) is 1. The highest BCUT2D eigenvalue weighted by atomic mass is 16.5. The summed E-state index contributed by atoms with van der Waals surface area (Å²) in [5.41, 5.74) is 2.25. The van der Waals surface area contributed by atoms with Crippen LogP contribution < -0.4 is 4.74 Å². The Morgan fingerprint density at radius 3 is 2.35 bits per heavy atom. The van der Waals surface area contributed by atoms with Crippen molar-refractivity contribution in [1.29, 1.82) is 0 Å². The molecule has 4 heteroatoms. The molecule has 1 aliphatic rings. The van der Waals surface area contributed by atoms with Gasteiger partial charge in [-0.1, -0.05) is 54.6 Å². The molecule has 0 aliphatic carbocycles. The molecule has 4 nitrogen and oxygen atoms in total. The van der Waals surface area contributed by atoms with Gasteiger partial charge in [-0.2, -0.15) is 0 Å². The van der Waals surface area contributed by atoms with Gasteiger partial charge in [0.15, 0.2) is 0 Å². The molecule has 136 valence electrons. The first-order valence-electron chi connectivity index (χ1n) is 9.09. The standard InChI is InChI=1S/C22H26N2O2/c1-26-21-11-9-20(10-12-21)18-22(25)24-16-14-23(15-17-24)13-5-8-19-6-3-2-4-7-19/h2-12H,13-18H2,1H3. The third-order valence-corrected chi connectivity index (χ3v) is 4.71. The molecule has 1 heterocycles. The van der Waals surface area contributed by atoms with Crippen molar-refractivity contribution in [3.63, 3.8) is 0 Å². The molecule has 0 N–H and O–H groups in total. The van der Waals surface area contributed by atoms with Crippen molar-refractivity contribution in [3.05, 3.63) is 71.8 Å². The lowest BCUT2D eigenvalue weighted by molar-refractivity contribution is -0.132. The second-order valence-electron chi connectivity index (χ2n) is 6.52. The fraction of sp³-hybridized carbons (Fsp3) is 0.318. The van der Waals surface area contributed by atoms with Crippen LogP contribution in [0.3, 0.4) is 0 Å². The van der Waals surface area contributed by atoms with E-state index in [0.29, 0.717) is 6.42 Å². The van der Waals surface area contributed by atoms with E-state index >= 15 is 0 Å². The summed E-state index contributed by atoms with van der Waals surface area (Å²) in [6.45, 7) is 4.37. The van der Waals surface area contributed by atoms with Crippen LogP contribution >= 0.6 is 0 Å². The number of piperazine rings is 1. The quantitative estimate of drug-likeness (QED) is 0.803. The molecule has 1 saturated heterocycles. The van der Waals surface area contributed by atoms with Gasteiger partial charge >= 0.3 is 0 Å². The summed E-state index contributed by atoms with van der Waals surface area (Å²) in [5.74, 6) is 1.02. The third-order valence-electron chi connectivity index (χ3n) is 4.71. The van der Waals surface area contributed by atoms with E-state index in [4.69, 9.17) is 4.74 Å². The lowest BCUT2D eigenvalue weighted by Crippen LogP contribution is -2.49. The molecule has 2 aromatic rings. The Hall–Kier alpha value is -2.59. The molecule has 26 heavy (non-hydrogen) atoms. The Morgan fingerprint density at radius 2 is 1.69 bits per heavy atom. The predicted molar refractivity (Wildman–Crippen MR) is 105 cm³/mol. The van der Waals surface area contributed by atoms with E-state index in [2.05, 4.69) is 29.2 Å². The highest BCUT2D eigenvalue weighted by Crippen LogP contribution is 2.13. The van der Waals surface area contributed by atoms with Crippen molar-refractivity contribution in [2.24, 2.45) is 0 Å². The zero-order valence-corrected chi connectivity index (χ0v) is 15.3. The minimum atomic E-state index is 0.203. The largest absolute Gasteiger partial charge is 0.497 e. The van der Waals surface area contributed by atoms with Gasteiger partial charge in [0.25, 0.3) is 0 Å². The number of hydrogen-bond acceptors (Lipinski definition) is 3. The van der Waals surface area contributed by atoms with E-state index < -0.39 is 0 Å². The second kappa shape index (κ2) is 9.20. The molecule has 0 atom stereocenters. The molecule has 0 aromatic heterocycles. The first-order chi connectivity index (χ1) is 12.7. The van der Waals surface area contributed by atoms with Crippen LogP contribution in [0.1, 0.15) is 11.1 Å². The highest BCUT2D eigenvalue weighted by Gasteiger charge is 2.20. The maximum atomic E-state index is 12.5. The van der Waals surface area contributed by atoms with Crippen molar-refractivity contribution in [3.8, 4) is 5.75 Å². The summed E-state index contributed by atoms with van der Waals surface area (Å²) in [5, 5.41) is 0. The fourth-order valence-electron chi connectivity index (χ4n) is 3.11. The van der Waals surface area contributed by atoms with Crippen LogP contribution in [0.4, 0.5) is 0 Å². The number of nitrogens with zero attached hydrogens (tertiary/aromatic N) is 2. The molecule has 1 amide bonds. The molecule has 2 aromatic carbocycles. The second-order valence-corrected chi connectivity index (χ2v) is 6.52. The van der Waals surface area contributed by atoms with Gasteiger partial charge in [-0.15, -0.1) is 0 Å². The van der Waals surface area contributed by atoms with Crippen LogP contribution in [-0.4, -0.2) is 55.5 Å². The van der Waals surface area contributed by atoms with Gasteiger partial charge in [-0.05, 0) is 23.3 Å². The number of carbonyl (C=O) groups is 1. The van der Waals surface area contributed by atoms with E-state index in [1.807, 2.05) is 47.4 Å². The third kappa shape index (κ3) is 5.20. The van der Waals surface area contributed by atoms with Gasteiger partial charge in [-0.25, -0.2) is 0 Å². The Morgan fingerprint density at radius 1 is 1.00 bits per heavy atom. The minimum Gasteiger partial charge on any atom is -0.497 e. The Labute approximate surface area is 155 Å². The molecule has 0 saturated carbocycles.